The molecule has 0 aliphatic rings. The number of hydrogen-bond donors (Lipinski definition) is 2. The first-order chi connectivity index (χ1) is 10.7. The van der Waals surface area contributed by atoms with Crippen LogP contribution in [0.1, 0.15) is 6.42 Å². The Bertz CT molecular complexity index is 604. The number of benzene rings is 2. The smallest absolute Gasteiger partial charge is 0.319 e. The number of urea groups is 1. The van der Waals surface area contributed by atoms with Crippen LogP contribution in [0.2, 0.25) is 0 Å². The Hall–Kier alpha value is -2.56. The van der Waals surface area contributed by atoms with Crippen LogP contribution in [-0.4, -0.2) is 26.2 Å². The molecule has 0 aromatic heterocycles. The Kier molecular flexibility index (Phi) is 5.77. The third-order valence-electron chi connectivity index (χ3n) is 3.27. The van der Waals surface area contributed by atoms with Gasteiger partial charge in [0.15, 0.2) is 0 Å². The Morgan fingerprint density at radius 2 is 1.77 bits per heavy atom. The van der Waals surface area contributed by atoms with E-state index in [2.05, 4.69) is 15.5 Å². The number of anilines is 2. The van der Waals surface area contributed by atoms with Gasteiger partial charge in [-0.3, -0.25) is 0 Å². The highest BCUT2D eigenvalue weighted by atomic mass is 19.1. The van der Waals surface area contributed by atoms with E-state index in [1.165, 1.54) is 12.1 Å². The van der Waals surface area contributed by atoms with Crippen LogP contribution in [0, 0.1) is 5.82 Å². The van der Waals surface area contributed by atoms with Gasteiger partial charge >= 0.3 is 6.03 Å². The van der Waals surface area contributed by atoms with Gasteiger partial charge in [-0.2, -0.15) is 0 Å². The molecular weight excluding hydrogens is 281 g/mol. The van der Waals surface area contributed by atoms with Gasteiger partial charge in [-0.1, -0.05) is 30.3 Å². The fourth-order valence-corrected chi connectivity index (χ4v) is 2.06. The second-order valence-corrected chi connectivity index (χ2v) is 4.97. The van der Waals surface area contributed by atoms with Gasteiger partial charge in [0.25, 0.3) is 0 Å². The van der Waals surface area contributed by atoms with Crippen molar-refractivity contribution in [1.82, 2.24) is 5.32 Å². The highest BCUT2D eigenvalue weighted by molar-refractivity contribution is 5.89. The molecule has 0 heterocycles. The van der Waals surface area contributed by atoms with Crippen molar-refractivity contribution in [3.63, 3.8) is 0 Å². The normalized spacial score (nSPS) is 10.1. The molecule has 5 heteroatoms. The number of rotatable bonds is 6. The van der Waals surface area contributed by atoms with Crippen molar-refractivity contribution in [1.29, 1.82) is 0 Å². The van der Waals surface area contributed by atoms with Crippen LogP contribution >= 0.6 is 0 Å². The second kappa shape index (κ2) is 8.02. The fraction of sp³-hybridized carbons (Fsp3) is 0.235. The number of nitrogens with zero attached hydrogens (tertiary/aromatic N) is 1. The molecule has 0 aliphatic carbocycles. The van der Waals surface area contributed by atoms with Crippen LogP contribution in [0.5, 0.6) is 0 Å². The summed E-state index contributed by atoms with van der Waals surface area (Å²) in [5.74, 6) is -0.443. The van der Waals surface area contributed by atoms with E-state index in [1.54, 1.807) is 12.1 Å². The molecule has 0 atom stereocenters. The van der Waals surface area contributed by atoms with Crippen molar-refractivity contribution in [3.05, 3.63) is 60.4 Å². The number of para-hydroxylation sites is 2. The number of carbonyl (C=O) groups is 1. The maximum absolute atomic E-state index is 13.4. The molecule has 0 saturated carbocycles. The molecule has 0 unspecified atom stereocenters. The summed E-state index contributed by atoms with van der Waals surface area (Å²) in [4.78, 5) is 13.8. The molecule has 2 aromatic rings. The summed E-state index contributed by atoms with van der Waals surface area (Å²) in [5, 5.41) is 5.21. The summed E-state index contributed by atoms with van der Waals surface area (Å²) < 4.78 is 13.4. The molecule has 0 fully saturated rings. The zero-order valence-corrected chi connectivity index (χ0v) is 12.6. The highest BCUT2D eigenvalue weighted by Crippen LogP contribution is 2.12. The van der Waals surface area contributed by atoms with Crippen LogP contribution in [-0.2, 0) is 0 Å². The molecule has 22 heavy (non-hydrogen) atoms. The fourth-order valence-electron chi connectivity index (χ4n) is 2.06. The maximum atomic E-state index is 13.4. The third kappa shape index (κ3) is 4.77. The highest BCUT2D eigenvalue weighted by Gasteiger charge is 2.05. The number of amides is 2. The van der Waals surface area contributed by atoms with Gasteiger partial charge in [-0.25, -0.2) is 9.18 Å². The summed E-state index contributed by atoms with van der Waals surface area (Å²) in [7, 11) is 2.01. The molecule has 2 amide bonds. The minimum Gasteiger partial charge on any atom is -0.375 e. The zero-order valence-electron chi connectivity index (χ0n) is 12.6. The van der Waals surface area contributed by atoms with E-state index in [4.69, 9.17) is 0 Å². The minimum absolute atomic E-state index is 0.182. The molecule has 0 radical (unpaired) electrons. The van der Waals surface area contributed by atoms with Gasteiger partial charge in [0.05, 0.1) is 5.69 Å². The van der Waals surface area contributed by atoms with Crippen LogP contribution < -0.4 is 15.5 Å². The monoisotopic (exact) mass is 301 g/mol. The Morgan fingerprint density at radius 1 is 1.09 bits per heavy atom. The van der Waals surface area contributed by atoms with Gasteiger partial charge in [-0.05, 0) is 30.7 Å². The quantitative estimate of drug-likeness (QED) is 0.802. The zero-order chi connectivity index (χ0) is 15.8. The molecule has 2 aromatic carbocycles. The number of nitrogens with one attached hydrogen (secondary N) is 2. The van der Waals surface area contributed by atoms with Crippen LogP contribution in [0.3, 0.4) is 0 Å². The van der Waals surface area contributed by atoms with Crippen molar-refractivity contribution in [2.75, 3.05) is 30.4 Å². The lowest BCUT2D eigenvalue weighted by molar-refractivity contribution is 0.252. The molecule has 4 nitrogen and oxygen atoms in total. The van der Waals surface area contributed by atoms with Crippen LogP contribution in [0.15, 0.2) is 54.6 Å². The molecule has 0 saturated heterocycles. The van der Waals surface area contributed by atoms with E-state index in [0.29, 0.717) is 6.54 Å². The van der Waals surface area contributed by atoms with E-state index < -0.39 is 11.8 Å². The summed E-state index contributed by atoms with van der Waals surface area (Å²) in [6.07, 6.45) is 0.802. The van der Waals surface area contributed by atoms with Crippen LogP contribution in [0.25, 0.3) is 0 Å². The maximum Gasteiger partial charge on any atom is 0.319 e. The molecule has 2 N–H and O–H groups in total. The standard InChI is InChI=1S/C17H20FN3O/c1-21(14-8-3-2-4-9-14)13-7-12-19-17(22)20-16-11-6-5-10-15(16)18/h2-6,8-11H,7,12-13H2,1H3,(H2,19,20,22). The van der Waals surface area contributed by atoms with Crippen LogP contribution in [0.4, 0.5) is 20.6 Å². The summed E-state index contributed by atoms with van der Waals surface area (Å²) in [6, 6.07) is 15.7. The minimum atomic E-state index is -0.443. The first-order valence-electron chi connectivity index (χ1n) is 7.22. The lowest BCUT2D eigenvalue weighted by Gasteiger charge is -2.19. The van der Waals surface area contributed by atoms with E-state index in [0.717, 1.165) is 18.7 Å². The van der Waals surface area contributed by atoms with E-state index in [-0.39, 0.29) is 5.69 Å². The Balaban J connectivity index is 1.68. The van der Waals surface area contributed by atoms with Gasteiger partial charge in [0, 0.05) is 25.8 Å². The lowest BCUT2D eigenvalue weighted by Crippen LogP contribution is -2.31. The van der Waals surface area contributed by atoms with Crippen molar-refractivity contribution in [2.45, 2.75) is 6.42 Å². The SMILES string of the molecule is CN(CCCNC(=O)Nc1ccccc1F)c1ccccc1. The summed E-state index contributed by atoms with van der Waals surface area (Å²) >= 11 is 0. The van der Waals surface area contributed by atoms with Crippen molar-refractivity contribution in [3.8, 4) is 0 Å². The first-order valence-corrected chi connectivity index (χ1v) is 7.22. The molecule has 0 bridgehead atoms. The largest absolute Gasteiger partial charge is 0.375 e. The van der Waals surface area contributed by atoms with Crippen molar-refractivity contribution in [2.24, 2.45) is 0 Å². The number of hydrogen-bond acceptors (Lipinski definition) is 2. The Morgan fingerprint density at radius 3 is 2.50 bits per heavy atom. The average Bonchev–Trinajstić information content (AvgIpc) is 2.54. The van der Waals surface area contributed by atoms with Crippen molar-refractivity contribution >= 4 is 17.4 Å². The average molecular weight is 301 g/mol. The van der Waals surface area contributed by atoms with Gasteiger partial charge in [0.1, 0.15) is 5.82 Å². The predicted molar refractivity (Wildman–Crippen MR) is 87.8 cm³/mol. The molecular formula is C17H20FN3O. The topological polar surface area (TPSA) is 44.4 Å². The van der Waals surface area contributed by atoms with Gasteiger partial charge in [-0.15, -0.1) is 0 Å². The lowest BCUT2D eigenvalue weighted by atomic mass is 10.3. The molecule has 0 aliphatic heterocycles. The van der Waals surface area contributed by atoms with E-state index in [1.807, 2.05) is 37.4 Å². The molecule has 2 rings (SSSR count). The van der Waals surface area contributed by atoms with E-state index >= 15 is 0 Å². The van der Waals surface area contributed by atoms with Crippen molar-refractivity contribution < 1.29 is 9.18 Å². The first kappa shape index (κ1) is 15.8. The predicted octanol–water partition coefficient (Wildman–Crippen LogP) is 3.47. The van der Waals surface area contributed by atoms with Gasteiger partial charge in [0.2, 0.25) is 0 Å². The summed E-state index contributed by atoms with van der Waals surface area (Å²) in [6.45, 7) is 1.35. The van der Waals surface area contributed by atoms with Gasteiger partial charge < -0.3 is 15.5 Å². The molecule has 116 valence electrons. The number of carbonyl (C=O) groups excluding carboxylic acids is 1. The summed E-state index contributed by atoms with van der Waals surface area (Å²) in [5.41, 5.74) is 1.32. The van der Waals surface area contributed by atoms with E-state index in [9.17, 15) is 9.18 Å². The molecule has 0 spiro atoms. The Labute approximate surface area is 129 Å². The second-order valence-electron chi connectivity index (χ2n) is 4.97. The third-order valence-corrected chi connectivity index (χ3v) is 3.27. The number of halogens is 1.